The lowest BCUT2D eigenvalue weighted by atomic mass is 10.1. The van der Waals surface area contributed by atoms with Crippen molar-refractivity contribution in [2.75, 3.05) is 6.79 Å². The Kier molecular flexibility index (Phi) is 4.24. The second kappa shape index (κ2) is 5.98. The highest BCUT2D eigenvalue weighted by Gasteiger charge is 2.24. The number of aliphatic hydroxyl groups is 1. The summed E-state index contributed by atoms with van der Waals surface area (Å²) >= 11 is 6.90. The van der Waals surface area contributed by atoms with Gasteiger partial charge in [0, 0.05) is 6.54 Å². The molecule has 0 radical (unpaired) electrons. The summed E-state index contributed by atoms with van der Waals surface area (Å²) < 4.78 is 14.1. The Balaban J connectivity index is 2.01. The quantitative estimate of drug-likeness (QED) is 0.825. The predicted molar refractivity (Wildman–Crippen MR) is 84.5 cm³/mol. The molecule has 112 valence electrons. The Bertz CT molecular complexity index is 672. The second-order valence-electron chi connectivity index (χ2n) is 4.74. The summed E-state index contributed by atoms with van der Waals surface area (Å²) in [7, 11) is 0. The van der Waals surface area contributed by atoms with Crippen molar-refractivity contribution in [3.05, 3.63) is 38.5 Å². The fraction of sp³-hybridized carbons (Fsp3) is 0.357. The number of fused-ring (bicyclic) bond motifs is 1. The van der Waals surface area contributed by atoms with Crippen LogP contribution < -0.4 is 9.47 Å². The van der Waals surface area contributed by atoms with Crippen molar-refractivity contribution in [1.82, 2.24) is 9.78 Å². The molecule has 0 amide bonds. The van der Waals surface area contributed by atoms with Crippen molar-refractivity contribution < 1.29 is 14.6 Å². The van der Waals surface area contributed by atoms with E-state index < -0.39 is 6.10 Å². The van der Waals surface area contributed by atoms with Crippen molar-refractivity contribution in [2.45, 2.75) is 26.0 Å². The van der Waals surface area contributed by atoms with Crippen LogP contribution in [0.25, 0.3) is 0 Å². The van der Waals surface area contributed by atoms with Crippen LogP contribution in [0.3, 0.4) is 0 Å². The largest absolute Gasteiger partial charge is 0.454 e. The van der Waals surface area contributed by atoms with Crippen LogP contribution in [-0.2, 0) is 6.54 Å². The number of nitrogens with zero attached hydrogens (tertiary/aromatic N) is 2. The van der Waals surface area contributed by atoms with Gasteiger partial charge in [0.2, 0.25) is 6.79 Å². The number of ether oxygens (including phenoxy) is 2. The minimum Gasteiger partial charge on any atom is -0.454 e. The van der Waals surface area contributed by atoms with E-state index in [4.69, 9.17) is 9.47 Å². The van der Waals surface area contributed by atoms with Crippen molar-refractivity contribution in [3.8, 4) is 11.5 Å². The zero-order valence-electron chi connectivity index (χ0n) is 11.3. The summed E-state index contributed by atoms with van der Waals surface area (Å²) in [5.74, 6) is 1.31. The van der Waals surface area contributed by atoms with Gasteiger partial charge in [-0.1, -0.05) is 6.92 Å². The van der Waals surface area contributed by atoms with Crippen LogP contribution in [0.4, 0.5) is 0 Å². The number of benzene rings is 1. The van der Waals surface area contributed by atoms with E-state index in [2.05, 4.69) is 43.9 Å². The average molecular weight is 418 g/mol. The van der Waals surface area contributed by atoms with Gasteiger partial charge in [0.05, 0.1) is 20.8 Å². The van der Waals surface area contributed by atoms with Crippen molar-refractivity contribution in [3.63, 3.8) is 0 Å². The maximum atomic E-state index is 10.7. The first-order chi connectivity index (χ1) is 10.1. The first-order valence-electron chi connectivity index (χ1n) is 6.60. The van der Waals surface area contributed by atoms with Crippen LogP contribution in [0, 0.1) is 0 Å². The van der Waals surface area contributed by atoms with Gasteiger partial charge < -0.3 is 14.6 Å². The summed E-state index contributed by atoms with van der Waals surface area (Å²) in [5.41, 5.74) is 1.47. The fourth-order valence-electron chi connectivity index (χ4n) is 2.34. The molecule has 1 atom stereocenters. The maximum Gasteiger partial charge on any atom is 0.231 e. The van der Waals surface area contributed by atoms with Gasteiger partial charge in [0.25, 0.3) is 0 Å². The van der Waals surface area contributed by atoms with Gasteiger partial charge in [-0.05, 0) is 56.0 Å². The van der Waals surface area contributed by atoms with Gasteiger partial charge in [0.1, 0.15) is 6.10 Å². The number of aliphatic hydroxyl groups excluding tert-OH is 1. The van der Waals surface area contributed by atoms with E-state index in [0.29, 0.717) is 11.5 Å². The van der Waals surface area contributed by atoms with Gasteiger partial charge >= 0.3 is 0 Å². The van der Waals surface area contributed by atoms with Crippen LogP contribution in [0.1, 0.15) is 30.7 Å². The molecule has 1 N–H and O–H groups in total. The molecule has 1 aromatic heterocycles. The molecule has 0 fully saturated rings. The van der Waals surface area contributed by atoms with Crippen molar-refractivity contribution in [1.29, 1.82) is 0 Å². The smallest absolute Gasteiger partial charge is 0.231 e. The number of aryl methyl sites for hydroxylation is 1. The van der Waals surface area contributed by atoms with Crippen molar-refractivity contribution >= 4 is 31.9 Å². The van der Waals surface area contributed by atoms with Crippen molar-refractivity contribution in [2.24, 2.45) is 0 Å². The Morgan fingerprint density at radius 1 is 1.33 bits per heavy atom. The summed E-state index contributed by atoms with van der Waals surface area (Å²) in [6.45, 7) is 3.03. The van der Waals surface area contributed by atoms with E-state index in [-0.39, 0.29) is 6.79 Å². The molecule has 0 spiro atoms. The number of halogens is 2. The second-order valence-corrected chi connectivity index (χ2v) is 6.45. The van der Waals surface area contributed by atoms with E-state index in [9.17, 15) is 5.11 Å². The SMILES string of the molecule is CCCn1ncc(Br)c1C(O)c1cc(Br)c2c(c1)OCO2. The van der Waals surface area contributed by atoms with Crippen LogP contribution >= 0.6 is 31.9 Å². The topological polar surface area (TPSA) is 56.5 Å². The maximum absolute atomic E-state index is 10.7. The van der Waals surface area contributed by atoms with E-state index in [1.165, 1.54) is 0 Å². The highest BCUT2D eigenvalue weighted by Crippen LogP contribution is 2.42. The molecule has 7 heteroatoms. The van der Waals surface area contributed by atoms with E-state index in [1.807, 2.05) is 10.7 Å². The third-order valence-corrected chi connectivity index (χ3v) is 4.49. The van der Waals surface area contributed by atoms with Gasteiger partial charge in [0.15, 0.2) is 11.5 Å². The third-order valence-electron chi connectivity index (χ3n) is 3.29. The lowest BCUT2D eigenvalue weighted by molar-refractivity contribution is 0.173. The molecule has 1 unspecified atom stereocenters. The minimum atomic E-state index is -0.792. The van der Waals surface area contributed by atoms with E-state index in [1.54, 1.807) is 12.3 Å². The molecule has 5 nitrogen and oxygen atoms in total. The summed E-state index contributed by atoms with van der Waals surface area (Å²) in [5, 5.41) is 15.0. The predicted octanol–water partition coefficient (Wildman–Crippen LogP) is 3.63. The summed E-state index contributed by atoms with van der Waals surface area (Å²) in [6, 6.07) is 3.64. The Morgan fingerprint density at radius 2 is 2.14 bits per heavy atom. The number of rotatable bonds is 4. The van der Waals surface area contributed by atoms with Gasteiger partial charge in [-0.3, -0.25) is 4.68 Å². The summed E-state index contributed by atoms with van der Waals surface area (Å²) in [4.78, 5) is 0. The Labute approximate surface area is 139 Å². The molecule has 1 aliphatic rings. The molecule has 0 bridgehead atoms. The summed E-state index contributed by atoms with van der Waals surface area (Å²) in [6.07, 6.45) is 1.86. The highest BCUT2D eigenvalue weighted by molar-refractivity contribution is 9.10. The molecule has 0 saturated carbocycles. The number of hydrogen-bond donors (Lipinski definition) is 1. The van der Waals surface area contributed by atoms with Gasteiger partial charge in [-0.15, -0.1) is 0 Å². The zero-order chi connectivity index (χ0) is 15.0. The minimum absolute atomic E-state index is 0.199. The fourth-order valence-corrected chi connectivity index (χ4v) is 3.42. The Hall–Kier alpha value is -1.05. The molecule has 0 aliphatic carbocycles. The normalized spacial score (nSPS) is 14.5. The Morgan fingerprint density at radius 3 is 2.90 bits per heavy atom. The van der Waals surface area contributed by atoms with E-state index >= 15 is 0 Å². The molecular weight excluding hydrogens is 404 g/mol. The lowest BCUT2D eigenvalue weighted by Crippen LogP contribution is -2.10. The number of aromatic nitrogens is 2. The molecule has 2 aromatic rings. The molecule has 2 heterocycles. The lowest BCUT2D eigenvalue weighted by Gasteiger charge is -2.15. The van der Waals surface area contributed by atoms with Gasteiger partial charge in [-0.2, -0.15) is 5.10 Å². The molecular formula is C14H14Br2N2O3. The monoisotopic (exact) mass is 416 g/mol. The molecule has 0 saturated heterocycles. The molecule has 21 heavy (non-hydrogen) atoms. The van der Waals surface area contributed by atoms with Crippen LogP contribution in [0.5, 0.6) is 11.5 Å². The number of hydrogen-bond acceptors (Lipinski definition) is 4. The first-order valence-corrected chi connectivity index (χ1v) is 8.18. The van der Waals surface area contributed by atoms with Gasteiger partial charge in [-0.25, -0.2) is 0 Å². The van der Waals surface area contributed by atoms with E-state index in [0.717, 1.165) is 33.2 Å². The first kappa shape index (κ1) is 14.9. The molecule has 3 rings (SSSR count). The zero-order valence-corrected chi connectivity index (χ0v) is 14.5. The average Bonchev–Trinajstić information content (AvgIpc) is 3.06. The third kappa shape index (κ3) is 2.69. The molecule has 1 aromatic carbocycles. The van der Waals surface area contributed by atoms with Crippen LogP contribution in [-0.4, -0.2) is 21.7 Å². The van der Waals surface area contributed by atoms with Crippen LogP contribution in [0.15, 0.2) is 27.3 Å². The standard InChI is InChI=1S/C14H14Br2N2O3/c1-2-3-18-12(10(16)6-17-18)13(19)8-4-9(15)14-11(5-8)20-7-21-14/h4-6,13,19H,2-3,7H2,1H3. The molecule has 1 aliphatic heterocycles. The van der Waals surface area contributed by atoms with Crippen LogP contribution in [0.2, 0.25) is 0 Å². The highest BCUT2D eigenvalue weighted by atomic mass is 79.9.